The average molecular weight is 421 g/mol. The highest BCUT2D eigenvalue weighted by Crippen LogP contribution is 2.38. The van der Waals surface area contributed by atoms with Gasteiger partial charge in [0.25, 0.3) is 0 Å². The first-order valence-electron chi connectivity index (χ1n) is 8.34. The van der Waals surface area contributed by atoms with Gasteiger partial charge in [-0.15, -0.1) is 0 Å². The fourth-order valence-corrected chi connectivity index (χ4v) is 2.47. The summed E-state index contributed by atoms with van der Waals surface area (Å²) in [6, 6.07) is 9.42. The van der Waals surface area contributed by atoms with Crippen LogP contribution in [0.1, 0.15) is 35.3 Å². The number of carbonyl (C=O) groups is 1. The zero-order valence-corrected chi connectivity index (χ0v) is 15.0. The summed E-state index contributed by atoms with van der Waals surface area (Å²) < 4.78 is 82.4. The first-order chi connectivity index (χ1) is 13.4. The fourth-order valence-electron chi connectivity index (χ4n) is 2.47. The summed E-state index contributed by atoms with van der Waals surface area (Å²) in [7, 11) is 0. The molecule has 2 aromatic rings. The zero-order valence-electron chi connectivity index (χ0n) is 15.0. The first-order valence-corrected chi connectivity index (χ1v) is 8.34. The Morgan fingerprint density at radius 2 is 1.52 bits per heavy atom. The molecule has 0 aromatic heterocycles. The third-order valence-corrected chi connectivity index (χ3v) is 3.97. The number of benzene rings is 2. The lowest BCUT2D eigenvalue weighted by Crippen LogP contribution is -2.30. The predicted molar refractivity (Wildman–Crippen MR) is 90.6 cm³/mol. The smallest absolute Gasteiger partial charge is 0.416 e. The van der Waals surface area contributed by atoms with E-state index in [-0.39, 0.29) is 12.6 Å². The molecule has 0 saturated carbocycles. The van der Waals surface area contributed by atoms with Crippen LogP contribution in [0.25, 0.3) is 0 Å². The largest absolute Gasteiger partial charge is 0.443 e. The van der Waals surface area contributed by atoms with Gasteiger partial charge in [0.2, 0.25) is 0 Å². The van der Waals surface area contributed by atoms with Crippen LogP contribution in [0.5, 0.6) is 0 Å². The number of rotatable bonds is 5. The Kier molecular flexibility index (Phi) is 6.78. The summed E-state index contributed by atoms with van der Waals surface area (Å²) >= 11 is 0. The van der Waals surface area contributed by atoms with Gasteiger partial charge in [-0.1, -0.05) is 30.3 Å². The van der Waals surface area contributed by atoms with Crippen molar-refractivity contribution in [3.05, 3.63) is 70.8 Å². The molecule has 29 heavy (non-hydrogen) atoms. The fraction of sp³-hybridized carbons (Fsp3) is 0.316. The van der Waals surface area contributed by atoms with E-state index in [1.165, 1.54) is 0 Å². The Morgan fingerprint density at radius 3 is 2.00 bits per heavy atom. The summed E-state index contributed by atoms with van der Waals surface area (Å²) in [6.07, 6.45) is -14.4. The first kappa shape index (κ1) is 22.5. The van der Waals surface area contributed by atoms with Crippen LogP contribution in [-0.2, 0) is 23.6 Å². The molecule has 2 N–H and O–H groups in total. The van der Waals surface area contributed by atoms with E-state index in [0.29, 0.717) is 12.1 Å². The highest BCUT2D eigenvalue weighted by Gasteiger charge is 2.38. The van der Waals surface area contributed by atoms with Crippen molar-refractivity contribution >= 4 is 6.09 Å². The van der Waals surface area contributed by atoms with Crippen molar-refractivity contribution in [2.75, 3.05) is 0 Å². The van der Waals surface area contributed by atoms with Crippen molar-refractivity contribution in [1.29, 1.82) is 0 Å². The van der Waals surface area contributed by atoms with Crippen LogP contribution in [-0.4, -0.2) is 17.3 Å². The second kappa shape index (κ2) is 8.73. The number of carbonyl (C=O) groups excluding carboxylic acids is 1. The van der Waals surface area contributed by atoms with E-state index < -0.39 is 47.3 Å². The van der Waals surface area contributed by atoms with Gasteiger partial charge in [0, 0.05) is 6.54 Å². The summed E-state index contributed by atoms with van der Waals surface area (Å²) in [5.74, 6) is 0. The van der Waals surface area contributed by atoms with Crippen molar-refractivity contribution < 1.29 is 41.0 Å². The van der Waals surface area contributed by atoms with Crippen LogP contribution in [0, 0.1) is 0 Å². The number of hydrogen-bond acceptors (Lipinski definition) is 3. The summed E-state index contributed by atoms with van der Waals surface area (Å²) in [4.78, 5) is 11.8. The minimum atomic E-state index is -5.05. The molecule has 0 heterocycles. The molecule has 0 bridgehead atoms. The molecule has 1 amide bonds. The number of amides is 1. The van der Waals surface area contributed by atoms with Gasteiger partial charge in [-0.25, -0.2) is 4.79 Å². The SMILES string of the molecule is CC(OC(=O)NCc1ccccc1)C(O)c1cc(C(F)(F)F)cc(C(F)(F)F)c1. The highest BCUT2D eigenvalue weighted by atomic mass is 19.4. The number of alkyl halides is 6. The predicted octanol–water partition coefficient (Wildman–Crippen LogP) is 5.07. The maximum Gasteiger partial charge on any atom is 0.416 e. The Labute approximate surface area is 162 Å². The van der Waals surface area contributed by atoms with Crippen molar-refractivity contribution in [2.24, 2.45) is 0 Å². The number of ether oxygens (including phenoxy) is 1. The maximum absolute atomic E-state index is 12.9. The van der Waals surface area contributed by atoms with Gasteiger partial charge in [-0.2, -0.15) is 26.3 Å². The molecule has 2 rings (SSSR count). The van der Waals surface area contributed by atoms with Gasteiger partial charge in [0.1, 0.15) is 12.2 Å². The van der Waals surface area contributed by atoms with Crippen LogP contribution in [0.2, 0.25) is 0 Å². The summed E-state index contributed by atoms with van der Waals surface area (Å²) in [5.41, 5.74) is -3.06. The molecule has 4 nitrogen and oxygen atoms in total. The van der Waals surface area contributed by atoms with Crippen LogP contribution < -0.4 is 5.32 Å². The van der Waals surface area contributed by atoms with Crippen LogP contribution in [0.3, 0.4) is 0 Å². The number of aliphatic hydroxyl groups excluding tert-OH is 1. The molecule has 0 spiro atoms. The Morgan fingerprint density at radius 1 is 1.00 bits per heavy atom. The standard InChI is InChI=1S/C19H17F6NO3/c1-11(29-17(28)26-10-12-5-3-2-4-6-12)16(27)13-7-14(18(20,21)22)9-15(8-13)19(23,24)25/h2-9,11,16,27H,10H2,1H3,(H,26,28). The van der Waals surface area contributed by atoms with Crippen LogP contribution in [0.4, 0.5) is 31.1 Å². The summed E-state index contributed by atoms with van der Waals surface area (Å²) in [6.45, 7) is 1.24. The lowest BCUT2D eigenvalue weighted by Gasteiger charge is -2.22. The second-order valence-electron chi connectivity index (χ2n) is 6.23. The minimum absolute atomic E-state index is 0.0473. The molecule has 0 radical (unpaired) electrons. The van der Waals surface area contributed by atoms with E-state index in [1.54, 1.807) is 30.3 Å². The number of aliphatic hydroxyl groups is 1. The van der Waals surface area contributed by atoms with Gasteiger partial charge >= 0.3 is 18.4 Å². The maximum atomic E-state index is 12.9. The van der Waals surface area contributed by atoms with E-state index in [1.807, 2.05) is 0 Å². The number of alkyl carbamates (subject to hydrolysis) is 1. The van der Waals surface area contributed by atoms with Gasteiger partial charge in [-0.05, 0) is 36.2 Å². The highest BCUT2D eigenvalue weighted by molar-refractivity contribution is 5.67. The van der Waals surface area contributed by atoms with Crippen molar-refractivity contribution in [1.82, 2.24) is 5.32 Å². The normalized spacial score (nSPS) is 14.2. The molecule has 0 aliphatic rings. The lowest BCUT2D eigenvalue weighted by atomic mass is 9.98. The Bertz CT molecular complexity index is 804. The van der Waals surface area contributed by atoms with Crippen LogP contribution >= 0.6 is 0 Å². The molecule has 158 valence electrons. The Balaban J connectivity index is 2.13. The zero-order chi connectivity index (χ0) is 21.8. The number of halogens is 6. The van der Waals surface area contributed by atoms with Gasteiger partial charge in [0.15, 0.2) is 0 Å². The molecular formula is C19H17F6NO3. The van der Waals surface area contributed by atoms with Gasteiger partial charge in [0.05, 0.1) is 11.1 Å². The second-order valence-corrected chi connectivity index (χ2v) is 6.23. The third kappa shape index (κ3) is 6.38. The van der Waals surface area contributed by atoms with E-state index in [0.717, 1.165) is 12.5 Å². The van der Waals surface area contributed by atoms with E-state index in [4.69, 9.17) is 4.74 Å². The number of hydrogen-bond donors (Lipinski definition) is 2. The number of nitrogens with one attached hydrogen (secondary N) is 1. The topological polar surface area (TPSA) is 58.6 Å². The lowest BCUT2D eigenvalue weighted by molar-refractivity contribution is -0.143. The molecule has 2 unspecified atom stereocenters. The third-order valence-electron chi connectivity index (χ3n) is 3.97. The monoisotopic (exact) mass is 421 g/mol. The van der Waals surface area contributed by atoms with E-state index >= 15 is 0 Å². The minimum Gasteiger partial charge on any atom is -0.443 e. The molecule has 0 saturated heterocycles. The quantitative estimate of drug-likeness (QED) is 0.663. The van der Waals surface area contributed by atoms with Gasteiger partial charge < -0.3 is 15.2 Å². The van der Waals surface area contributed by atoms with Crippen molar-refractivity contribution in [3.63, 3.8) is 0 Å². The molecule has 2 atom stereocenters. The van der Waals surface area contributed by atoms with Crippen molar-refractivity contribution in [3.8, 4) is 0 Å². The van der Waals surface area contributed by atoms with Gasteiger partial charge in [-0.3, -0.25) is 0 Å². The molecule has 2 aromatic carbocycles. The molecule has 0 aliphatic heterocycles. The molecule has 10 heteroatoms. The van der Waals surface area contributed by atoms with Crippen LogP contribution in [0.15, 0.2) is 48.5 Å². The molecular weight excluding hydrogens is 404 g/mol. The van der Waals surface area contributed by atoms with E-state index in [9.17, 15) is 36.2 Å². The molecule has 0 fully saturated rings. The molecule has 0 aliphatic carbocycles. The Hall–Kier alpha value is -2.75. The van der Waals surface area contributed by atoms with E-state index in [2.05, 4.69) is 5.32 Å². The average Bonchev–Trinajstić information content (AvgIpc) is 2.64. The summed E-state index contributed by atoms with van der Waals surface area (Å²) in [5, 5.41) is 12.5. The van der Waals surface area contributed by atoms with Crippen molar-refractivity contribution in [2.45, 2.75) is 38.0 Å².